The largest absolute Gasteiger partial charge is 0.481 e. The van der Waals surface area contributed by atoms with Crippen LogP contribution >= 0.6 is 11.6 Å². The van der Waals surface area contributed by atoms with Crippen LogP contribution in [0.1, 0.15) is 13.3 Å². The third kappa shape index (κ3) is 4.44. The summed E-state index contributed by atoms with van der Waals surface area (Å²) in [5.41, 5.74) is 0.711. The van der Waals surface area contributed by atoms with Gasteiger partial charge in [0, 0.05) is 36.8 Å². The molecule has 0 saturated carbocycles. The fraction of sp³-hybridized carbons (Fsp3) is 0.467. The number of likely N-dealkylation sites (tertiary alicyclic amines) is 1. The Hall–Kier alpha value is -1.59. The van der Waals surface area contributed by atoms with Crippen molar-refractivity contribution in [3.63, 3.8) is 0 Å². The van der Waals surface area contributed by atoms with Gasteiger partial charge in [0.05, 0.1) is 5.92 Å². The highest BCUT2D eigenvalue weighted by molar-refractivity contribution is 6.30. The van der Waals surface area contributed by atoms with Crippen LogP contribution in [0.25, 0.3) is 0 Å². The SMILES string of the molecule is C[C@@H]1CN(CCC(=O)Nc2ccc(Cl)cc2)C[C@H]1C(=O)O. The van der Waals surface area contributed by atoms with E-state index in [2.05, 4.69) is 5.32 Å². The van der Waals surface area contributed by atoms with E-state index in [1.165, 1.54) is 0 Å². The van der Waals surface area contributed by atoms with Crippen LogP contribution in [0.2, 0.25) is 5.02 Å². The second-order valence-electron chi connectivity index (χ2n) is 5.49. The third-order valence-corrected chi connectivity index (χ3v) is 4.04. The first-order valence-electron chi connectivity index (χ1n) is 6.96. The van der Waals surface area contributed by atoms with Crippen LogP contribution in [0.5, 0.6) is 0 Å². The quantitative estimate of drug-likeness (QED) is 0.875. The Balaban J connectivity index is 1.77. The van der Waals surface area contributed by atoms with E-state index >= 15 is 0 Å². The Labute approximate surface area is 128 Å². The van der Waals surface area contributed by atoms with Crippen molar-refractivity contribution in [2.24, 2.45) is 11.8 Å². The number of nitrogens with zero attached hydrogens (tertiary/aromatic N) is 1. The number of aliphatic carboxylic acids is 1. The van der Waals surface area contributed by atoms with Crippen LogP contribution in [0, 0.1) is 11.8 Å². The van der Waals surface area contributed by atoms with Gasteiger partial charge in [-0.05, 0) is 30.2 Å². The number of carbonyl (C=O) groups excluding carboxylic acids is 1. The molecule has 1 heterocycles. The molecule has 6 heteroatoms. The summed E-state index contributed by atoms with van der Waals surface area (Å²) >= 11 is 5.78. The molecular formula is C15H19ClN2O3. The van der Waals surface area contributed by atoms with E-state index in [9.17, 15) is 9.59 Å². The summed E-state index contributed by atoms with van der Waals surface area (Å²) in [5, 5.41) is 12.5. The van der Waals surface area contributed by atoms with Crippen LogP contribution in [0.4, 0.5) is 5.69 Å². The van der Waals surface area contributed by atoms with Gasteiger partial charge in [-0.2, -0.15) is 0 Å². The number of carbonyl (C=O) groups is 2. The summed E-state index contributed by atoms with van der Waals surface area (Å²) in [6, 6.07) is 6.94. The highest BCUT2D eigenvalue weighted by atomic mass is 35.5. The number of amides is 1. The van der Waals surface area contributed by atoms with Crippen molar-refractivity contribution in [1.29, 1.82) is 0 Å². The van der Waals surface area contributed by atoms with Gasteiger partial charge >= 0.3 is 5.97 Å². The minimum absolute atomic E-state index is 0.0799. The van der Waals surface area contributed by atoms with E-state index in [-0.39, 0.29) is 17.7 Å². The lowest BCUT2D eigenvalue weighted by atomic mass is 9.99. The first-order chi connectivity index (χ1) is 9.95. The maximum absolute atomic E-state index is 11.9. The number of carboxylic acid groups (broad SMARTS) is 1. The summed E-state index contributed by atoms with van der Waals surface area (Å²) in [6.45, 7) is 3.76. The van der Waals surface area contributed by atoms with Gasteiger partial charge in [-0.1, -0.05) is 18.5 Å². The Bertz CT molecular complexity index is 518. The molecule has 0 spiro atoms. The number of hydrogen-bond donors (Lipinski definition) is 2. The molecule has 2 N–H and O–H groups in total. The molecule has 2 atom stereocenters. The van der Waals surface area contributed by atoms with Crippen molar-refractivity contribution in [3.05, 3.63) is 29.3 Å². The number of nitrogens with one attached hydrogen (secondary N) is 1. The van der Waals surface area contributed by atoms with Gasteiger partial charge in [0.2, 0.25) is 5.91 Å². The molecule has 0 aromatic heterocycles. The number of hydrogen-bond acceptors (Lipinski definition) is 3. The number of carboxylic acids is 1. The smallest absolute Gasteiger partial charge is 0.308 e. The zero-order valence-corrected chi connectivity index (χ0v) is 12.6. The molecule has 114 valence electrons. The normalized spacial score (nSPS) is 22.2. The Morgan fingerprint density at radius 3 is 2.57 bits per heavy atom. The summed E-state index contributed by atoms with van der Waals surface area (Å²) in [7, 11) is 0. The third-order valence-electron chi connectivity index (χ3n) is 3.79. The van der Waals surface area contributed by atoms with E-state index in [4.69, 9.17) is 16.7 Å². The second-order valence-corrected chi connectivity index (χ2v) is 5.92. The number of anilines is 1. The summed E-state index contributed by atoms with van der Waals surface area (Å²) in [5.74, 6) is -1.04. The molecule has 0 unspecified atom stereocenters. The predicted octanol–water partition coefficient (Wildman–Crippen LogP) is 2.32. The minimum atomic E-state index is -0.754. The molecule has 1 aliphatic rings. The highest BCUT2D eigenvalue weighted by Crippen LogP contribution is 2.23. The zero-order chi connectivity index (χ0) is 15.4. The Kier molecular flexibility index (Phi) is 5.20. The molecule has 0 bridgehead atoms. The topological polar surface area (TPSA) is 69.6 Å². The van der Waals surface area contributed by atoms with Crippen LogP contribution in [-0.4, -0.2) is 41.5 Å². The van der Waals surface area contributed by atoms with Gasteiger partial charge in [0.1, 0.15) is 0 Å². The van der Waals surface area contributed by atoms with Gasteiger partial charge in [0.25, 0.3) is 0 Å². The molecule has 1 aliphatic heterocycles. The van der Waals surface area contributed by atoms with Crippen molar-refractivity contribution in [1.82, 2.24) is 4.90 Å². The van der Waals surface area contributed by atoms with Gasteiger partial charge < -0.3 is 15.3 Å². The molecule has 0 aliphatic carbocycles. The van der Waals surface area contributed by atoms with Crippen LogP contribution in [0.3, 0.4) is 0 Å². The van der Waals surface area contributed by atoms with Gasteiger partial charge in [-0.15, -0.1) is 0 Å². The van der Waals surface area contributed by atoms with Crippen LogP contribution in [0.15, 0.2) is 24.3 Å². The molecule has 1 saturated heterocycles. The average Bonchev–Trinajstić information content (AvgIpc) is 2.81. The molecule has 1 amide bonds. The highest BCUT2D eigenvalue weighted by Gasteiger charge is 2.34. The molecule has 21 heavy (non-hydrogen) atoms. The van der Waals surface area contributed by atoms with Crippen LogP contribution < -0.4 is 5.32 Å². The summed E-state index contributed by atoms with van der Waals surface area (Å²) in [6.07, 6.45) is 0.349. The number of benzene rings is 1. The van der Waals surface area contributed by atoms with Crippen molar-refractivity contribution in [3.8, 4) is 0 Å². The van der Waals surface area contributed by atoms with Crippen molar-refractivity contribution >= 4 is 29.2 Å². The summed E-state index contributed by atoms with van der Waals surface area (Å²) in [4.78, 5) is 24.9. The Morgan fingerprint density at radius 2 is 2.00 bits per heavy atom. The van der Waals surface area contributed by atoms with Gasteiger partial charge in [-0.25, -0.2) is 0 Å². The number of halogens is 1. The summed E-state index contributed by atoms with van der Waals surface area (Å²) < 4.78 is 0. The molecular weight excluding hydrogens is 292 g/mol. The van der Waals surface area contributed by atoms with E-state index in [1.807, 2.05) is 11.8 Å². The van der Waals surface area contributed by atoms with Crippen molar-refractivity contribution < 1.29 is 14.7 Å². The molecule has 5 nitrogen and oxygen atoms in total. The minimum Gasteiger partial charge on any atom is -0.481 e. The molecule has 1 aromatic rings. The van der Waals surface area contributed by atoms with E-state index in [1.54, 1.807) is 24.3 Å². The molecule has 1 fully saturated rings. The maximum Gasteiger partial charge on any atom is 0.308 e. The monoisotopic (exact) mass is 310 g/mol. The van der Waals surface area contributed by atoms with Crippen LogP contribution in [-0.2, 0) is 9.59 Å². The second kappa shape index (κ2) is 6.91. The van der Waals surface area contributed by atoms with E-state index < -0.39 is 5.97 Å². The number of rotatable bonds is 5. The van der Waals surface area contributed by atoms with Crippen molar-refractivity contribution in [2.45, 2.75) is 13.3 Å². The Morgan fingerprint density at radius 1 is 1.33 bits per heavy atom. The first kappa shape index (κ1) is 15.8. The van der Waals surface area contributed by atoms with Gasteiger partial charge in [-0.3, -0.25) is 9.59 Å². The van der Waals surface area contributed by atoms with E-state index in [0.717, 1.165) is 6.54 Å². The fourth-order valence-corrected chi connectivity index (χ4v) is 2.71. The maximum atomic E-state index is 11.9. The molecule has 2 rings (SSSR count). The van der Waals surface area contributed by atoms with Gasteiger partial charge in [0.15, 0.2) is 0 Å². The standard InChI is InChI=1S/C15H19ClN2O3/c1-10-8-18(9-13(10)15(20)21)7-6-14(19)17-12-4-2-11(16)3-5-12/h2-5,10,13H,6-9H2,1H3,(H,17,19)(H,20,21)/t10-,13-/m1/s1. The molecule has 0 radical (unpaired) electrons. The lowest BCUT2D eigenvalue weighted by Crippen LogP contribution is -2.27. The van der Waals surface area contributed by atoms with E-state index in [0.29, 0.717) is 30.2 Å². The first-order valence-corrected chi connectivity index (χ1v) is 7.34. The zero-order valence-electron chi connectivity index (χ0n) is 11.9. The average molecular weight is 311 g/mol. The van der Waals surface area contributed by atoms with Crippen molar-refractivity contribution in [2.75, 3.05) is 25.0 Å². The molecule has 1 aromatic carbocycles. The lowest BCUT2D eigenvalue weighted by molar-refractivity contribution is -0.142. The fourth-order valence-electron chi connectivity index (χ4n) is 2.59. The lowest BCUT2D eigenvalue weighted by Gasteiger charge is -2.14. The predicted molar refractivity (Wildman–Crippen MR) is 81.4 cm³/mol.